The van der Waals surface area contributed by atoms with Gasteiger partial charge < -0.3 is 9.14 Å². The Morgan fingerprint density at radius 2 is 1.73 bits per heavy atom. The average molecular weight is 345 g/mol. The summed E-state index contributed by atoms with van der Waals surface area (Å²) in [5, 5.41) is 0. The highest BCUT2D eigenvalue weighted by Crippen LogP contribution is 2.19. The number of methoxy groups -OCH3 is 1. The number of rotatable bonds is 4. The van der Waals surface area contributed by atoms with Crippen molar-refractivity contribution < 1.29 is 4.74 Å². The number of fused-ring (bicyclic) bond motifs is 1. The molecule has 0 amide bonds. The van der Waals surface area contributed by atoms with E-state index in [1.807, 2.05) is 48.8 Å². The maximum atomic E-state index is 12.9. The van der Waals surface area contributed by atoms with Crippen molar-refractivity contribution in [3.63, 3.8) is 0 Å². The van der Waals surface area contributed by atoms with E-state index in [0.717, 1.165) is 29.1 Å². The van der Waals surface area contributed by atoms with Crippen molar-refractivity contribution in [2.75, 3.05) is 7.11 Å². The Labute approximate surface area is 151 Å². The van der Waals surface area contributed by atoms with Gasteiger partial charge in [-0.25, -0.2) is 4.98 Å². The topological polar surface area (TPSA) is 48.5 Å². The quantitative estimate of drug-likeness (QED) is 0.566. The molecule has 0 saturated carbocycles. The first-order chi connectivity index (χ1) is 12.7. The lowest BCUT2D eigenvalue weighted by atomic mass is 10.1. The zero-order chi connectivity index (χ0) is 18.1. The van der Waals surface area contributed by atoms with Crippen molar-refractivity contribution in [2.45, 2.75) is 13.3 Å². The third-order valence-corrected chi connectivity index (χ3v) is 4.53. The van der Waals surface area contributed by atoms with Gasteiger partial charge in [0.05, 0.1) is 12.8 Å². The van der Waals surface area contributed by atoms with Crippen LogP contribution in [0, 0.1) is 0 Å². The fourth-order valence-corrected chi connectivity index (χ4v) is 2.98. The molecule has 0 N–H and O–H groups in total. The molecule has 0 radical (unpaired) electrons. The molecule has 0 atom stereocenters. The summed E-state index contributed by atoms with van der Waals surface area (Å²) in [5.74, 6) is 0.751. The van der Waals surface area contributed by atoms with Gasteiger partial charge in [0.15, 0.2) is 0 Å². The van der Waals surface area contributed by atoms with Crippen LogP contribution in [0.25, 0.3) is 22.6 Å². The zero-order valence-corrected chi connectivity index (χ0v) is 14.7. The molecule has 0 aliphatic rings. The second-order valence-corrected chi connectivity index (χ2v) is 6.08. The maximum Gasteiger partial charge on any atom is 0.298 e. The Morgan fingerprint density at radius 3 is 2.38 bits per heavy atom. The molecule has 130 valence electrons. The molecule has 5 heteroatoms. The Bertz CT molecular complexity index is 1110. The molecular formula is C21H19N3O2. The summed E-state index contributed by atoms with van der Waals surface area (Å²) in [7, 11) is 1.62. The van der Waals surface area contributed by atoms with Gasteiger partial charge in [-0.2, -0.15) is 0 Å². The first-order valence-corrected chi connectivity index (χ1v) is 8.53. The molecule has 0 bridgehead atoms. The summed E-state index contributed by atoms with van der Waals surface area (Å²) in [6.07, 6.45) is 6.48. The zero-order valence-electron chi connectivity index (χ0n) is 14.7. The number of ether oxygens (including phenoxy) is 1. The number of hydrogen-bond donors (Lipinski definition) is 0. The van der Waals surface area contributed by atoms with Gasteiger partial charge in [0, 0.05) is 29.8 Å². The van der Waals surface area contributed by atoms with Crippen molar-refractivity contribution in [3.05, 3.63) is 83.0 Å². The molecule has 0 spiro atoms. The molecular weight excluding hydrogens is 326 g/mol. The summed E-state index contributed by atoms with van der Waals surface area (Å²) < 4.78 is 8.53. The number of aromatic nitrogens is 3. The Morgan fingerprint density at radius 1 is 1.00 bits per heavy atom. The van der Waals surface area contributed by atoms with Crippen LogP contribution in [-0.2, 0) is 6.42 Å². The first kappa shape index (κ1) is 16.1. The molecule has 2 heterocycles. The van der Waals surface area contributed by atoms with E-state index in [-0.39, 0.29) is 5.56 Å². The van der Waals surface area contributed by atoms with Crippen LogP contribution in [0.15, 0.2) is 71.9 Å². The van der Waals surface area contributed by atoms with Gasteiger partial charge >= 0.3 is 0 Å². The van der Waals surface area contributed by atoms with E-state index >= 15 is 0 Å². The third kappa shape index (κ3) is 2.77. The summed E-state index contributed by atoms with van der Waals surface area (Å²) in [6.45, 7) is 2.13. The minimum absolute atomic E-state index is 0.158. The van der Waals surface area contributed by atoms with Crippen LogP contribution in [0.5, 0.6) is 5.75 Å². The van der Waals surface area contributed by atoms with Crippen molar-refractivity contribution in [1.82, 2.24) is 14.0 Å². The van der Waals surface area contributed by atoms with Gasteiger partial charge in [-0.3, -0.25) is 9.36 Å². The van der Waals surface area contributed by atoms with Gasteiger partial charge in [0.2, 0.25) is 5.65 Å². The van der Waals surface area contributed by atoms with Crippen LogP contribution < -0.4 is 10.3 Å². The molecule has 0 fully saturated rings. The summed E-state index contributed by atoms with van der Waals surface area (Å²) >= 11 is 0. The second-order valence-electron chi connectivity index (χ2n) is 6.08. The van der Waals surface area contributed by atoms with E-state index in [2.05, 4.69) is 24.0 Å². The Balaban J connectivity index is 1.78. The summed E-state index contributed by atoms with van der Waals surface area (Å²) in [4.78, 5) is 17.4. The monoisotopic (exact) mass is 345 g/mol. The molecule has 0 unspecified atom stereocenters. The molecule has 2 aromatic carbocycles. The van der Waals surface area contributed by atoms with Crippen molar-refractivity contribution in [3.8, 4) is 22.7 Å². The van der Waals surface area contributed by atoms with E-state index < -0.39 is 0 Å². The Hall–Kier alpha value is -3.34. The lowest BCUT2D eigenvalue weighted by Crippen LogP contribution is -2.19. The van der Waals surface area contributed by atoms with E-state index in [1.54, 1.807) is 22.3 Å². The lowest BCUT2D eigenvalue weighted by molar-refractivity contribution is 0.414. The Kier molecular flexibility index (Phi) is 4.05. The number of nitrogens with zero attached hydrogens (tertiary/aromatic N) is 3. The molecule has 0 aliphatic heterocycles. The van der Waals surface area contributed by atoms with Crippen LogP contribution in [0.4, 0.5) is 0 Å². The molecule has 4 rings (SSSR count). The predicted molar refractivity (Wildman–Crippen MR) is 102 cm³/mol. The van der Waals surface area contributed by atoms with Crippen molar-refractivity contribution >= 4 is 5.65 Å². The van der Waals surface area contributed by atoms with Gasteiger partial charge in [-0.05, 0) is 36.2 Å². The number of imidazole rings is 1. The standard InChI is InChI=1S/C21H19N3O2/c1-3-15-4-6-16(7-5-15)19-14-23-12-13-24(21(25)20(23)22-19)17-8-10-18(26-2)11-9-17/h4-14H,3H2,1-2H3. The highest BCUT2D eigenvalue weighted by Gasteiger charge is 2.10. The van der Waals surface area contributed by atoms with Gasteiger partial charge in [-0.15, -0.1) is 0 Å². The fraction of sp³-hybridized carbons (Fsp3) is 0.143. The lowest BCUT2D eigenvalue weighted by Gasteiger charge is -2.06. The van der Waals surface area contributed by atoms with Gasteiger partial charge in [0.1, 0.15) is 5.75 Å². The maximum absolute atomic E-state index is 12.9. The van der Waals surface area contributed by atoms with E-state index in [4.69, 9.17) is 4.74 Å². The SMILES string of the molecule is CCc1ccc(-c2cn3ccn(-c4ccc(OC)cc4)c(=O)c3n2)cc1. The normalized spacial score (nSPS) is 11.0. The second kappa shape index (κ2) is 6.52. The van der Waals surface area contributed by atoms with E-state index in [9.17, 15) is 4.79 Å². The van der Waals surface area contributed by atoms with Crippen LogP contribution in [0.1, 0.15) is 12.5 Å². The van der Waals surface area contributed by atoms with Crippen LogP contribution in [0.2, 0.25) is 0 Å². The minimum Gasteiger partial charge on any atom is -0.497 e. The van der Waals surface area contributed by atoms with Gasteiger partial charge in [0.25, 0.3) is 5.56 Å². The molecule has 4 aromatic rings. The first-order valence-electron chi connectivity index (χ1n) is 8.53. The van der Waals surface area contributed by atoms with Crippen LogP contribution in [-0.4, -0.2) is 21.1 Å². The number of benzene rings is 2. The third-order valence-electron chi connectivity index (χ3n) is 4.53. The molecule has 2 aromatic heterocycles. The van der Waals surface area contributed by atoms with Crippen molar-refractivity contribution in [1.29, 1.82) is 0 Å². The van der Waals surface area contributed by atoms with Gasteiger partial charge in [-0.1, -0.05) is 31.2 Å². The summed E-state index contributed by atoms with van der Waals surface area (Å²) in [6, 6.07) is 15.6. The highest BCUT2D eigenvalue weighted by molar-refractivity contribution is 5.62. The number of aryl methyl sites for hydroxylation is 1. The largest absolute Gasteiger partial charge is 0.497 e. The van der Waals surface area contributed by atoms with Crippen LogP contribution in [0.3, 0.4) is 0 Å². The summed E-state index contributed by atoms with van der Waals surface area (Å²) in [5.41, 5.74) is 4.08. The fourth-order valence-electron chi connectivity index (χ4n) is 2.98. The van der Waals surface area contributed by atoms with Crippen LogP contribution >= 0.6 is 0 Å². The molecule has 0 aliphatic carbocycles. The van der Waals surface area contributed by atoms with E-state index in [1.165, 1.54) is 5.56 Å². The minimum atomic E-state index is -0.158. The predicted octanol–water partition coefficient (Wildman–Crippen LogP) is 3.72. The average Bonchev–Trinajstić information content (AvgIpc) is 3.14. The van der Waals surface area contributed by atoms with E-state index in [0.29, 0.717) is 5.65 Å². The molecule has 0 saturated heterocycles. The number of hydrogen-bond acceptors (Lipinski definition) is 3. The van der Waals surface area contributed by atoms with Crippen molar-refractivity contribution in [2.24, 2.45) is 0 Å². The highest BCUT2D eigenvalue weighted by atomic mass is 16.5. The smallest absolute Gasteiger partial charge is 0.298 e. The molecule has 5 nitrogen and oxygen atoms in total. The molecule has 26 heavy (non-hydrogen) atoms.